The number of hydrogen-bond acceptors (Lipinski definition) is 7. The second-order valence-corrected chi connectivity index (χ2v) is 6.01. The SMILES string of the molecule is CCOC(=O)[C@@H]1CCc2sc(NC(=O)c3ccc(=O)[nH]n3)nc21. The zero-order chi connectivity index (χ0) is 16.4. The second-order valence-electron chi connectivity index (χ2n) is 4.93. The van der Waals surface area contributed by atoms with Crippen molar-refractivity contribution >= 4 is 28.3 Å². The number of nitrogens with zero attached hydrogens (tertiary/aromatic N) is 2. The molecule has 2 N–H and O–H groups in total. The molecule has 23 heavy (non-hydrogen) atoms. The number of aryl methyl sites for hydroxylation is 1. The molecule has 0 unspecified atom stereocenters. The third-order valence-corrected chi connectivity index (χ3v) is 4.47. The topological polar surface area (TPSA) is 114 Å². The highest BCUT2D eigenvalue weighted by Gasteiger charge is 2.33. The van der Waals surface area contributed by atoms with Crippen molar-refractivity contribution in [2.45, 2.75) is 25.7 Å². The van der Waals surface area contributed by atoms with Gasteiger partial charge < -0.3 is 4.74 Å². The number of carbonyl (C=O) groups excluding carboxylic acids is 2. The molecule has 1 atom stereocenters. The van der Waals surface area contributed by atoms with Crippen LogP contribution in [0.5, 0.6) is 0 Å². The van der Waals surface area contributed by atoms with Crippen molar-refractivity contribution in [3.63, 3.8) is 0 Å². The summed E-state index contributed by atoms with van der Waals surface area (Å²) in [5.41, 5.74) is 0.382. The summed E-state index contributed by atoms with van der Waals surface area (Å²) in [7, 11) is 0. The van der Waals surface area contributed by atoms with Crippen molar-refractivity contribution in [2.75, 3.05) is 11.9 Å². The van der Waals surface area contributed by atoms with Gasteiger partial charge in [0.15, 0.2) is 5.13 Å². The second kappa shape index (κ2) is 6.29. The van der Waals surface area contributed by atoms with Crippen molar-refractivity contribution in [2.24, 2.45) is 0 Å². The van der Waals surface area contributed by atoms with Crippen LogP contribution in [0.25, 0.3) is 0 Å². The summed E-state index contributed by atoms with van der Waals surface area (Å²) in [6.45, 7) is 2.09. The molecule has 0 saturated heterocycles. The number of rotatable bonds is 4. The maximum Gasteiger partial charge on any atom is 0.315 e. The predicted molar refractivity (Wildman–Crippen MR) is 82.6 cm³/mol. The highest BCUT2D eigenvalue weighted by atomic mass is 32.1. The summed E-state index contributed by atoms with van der Waals surface area (Å²) in [5.74, 6) is -1.11. The number of aromatic nitrogens is 3. The normalized spacial score (nSPS) is 16.0. The van der Waals surface area contributed by atoms with Crippen LogP contribution >= 0.6 is 11.3 Å². The summed E-state index contributed by atoms with van der Waals surface area (Å²) in [4.78, 5) is 40.2. The van der Waals surface area contributed by atoms with Crippen LogP contribution in [0, 0.1) is 0 Å². The Labute approximate surface area is 134 Å². The Morgan fingerprint density at radius 2 is 2.30 bits per heavy atom. The van der Waals surface area contributed by atoms with Gasteiger partial charge in [0.1, 0.15) is 11.6 Å². The van der Waals surface area contributed by atoms with E-state index in [4.69, 9.17) is 4.74 Å². The Morgan fingerprint density at radius 1 is 1.48 bits per heavy atom. The number of H-pyrrole nitrogens is 1. The van der Waals surface area contributed by atoms with E-state index in [0.29, 0.717) is 23.9 Å². The van der Waals surface area contributed by atoms with Crippen molar-refractivity contribution in [1.29, 1.82) is 0 Å². The lowest BCUT2D eigenvalue weighted by Crippen LogP contribution is -2.18. The maximum atomic E-state index is 12.0. The zero-order valence-corrected chi connectivity index (χ0v) is 13.1. The van der Waals surface area contributed by atoms with Crippen LogP contribution in [0.2, 0.25) is 0 Å². The number of esters is 1. The fraction of sp³-hybridized carbons (Fsp3) is 0.357. The summed E-state index contributed by atoms with van der Waals surface area (Å²) in [6, 6.07) is 2.55. The van der Waals surface area contributed by atoms with Crippen LogP contribution < -0.4 is 10.9 Å². The standard InChI is InChI=1S/C14H14N4O4S/c1-2-22-13(21)7-3-5-9-11(7)15-14(23-9)16-12(20)8-4-6-10(19)18-17-8/h4,6-7H,2-3,5H2,1H3,(H,18,19)(H,15,16,20)/t7-/m1/s1. The van der Waals surface area contributed by atoms with Gasteiger partial charge in [-0.2, -0.15) is 5.10 Å². The molecule has 0 bridgehead atoms. The lowest BCUT2D eigenvalue weighted by atomic mass is 10.1. The van der Waals surface area contributed by atoms with Gasteiger partial charge >= 0.3 is 5.97 Å². The molecular weight excluding hydrogens is 320 g/mol. The van der Waals surface area contributed by atoms with Crippen LogP contribution in [0.1, 0.15) is 40.3 Å². The van der Waals surface area contributed by atoms with E-state index in [1.54, 1.807) is 6.92 Å². The molecule has 1 aliphatic rings. The number of anilines is 1. The molecule has 2 aromatic heterocycles. The van der Waals surface area contributed by atoms with Crippen LogP contribution in [0.3, 0.4) is 0 Å². The minimum absolute atomic E-state index is 0.0851. The number of hydrogen-bond donors (Lipinski definition) is 2. The smallest absolute Gasteiger partial charge is 0.315 e. The lowest BCUT2D eigenvalue weighted by molar-refractivity contribution is -0.145. The average molecular weight is 334 g/mol. The Morgan fingerprint density at radius 3 is 3.00 bits per heavy atom. The molecule has 1 amide bonds. The van der Waals surface area contributed by atoms with Gasteiger partial charge in [0.2, 0.25) is 0 Å². The van der Waals surface area contributed by atoms with Crippen molar-refractivity contribution in [3.05, 3.63) is 38.8 Å². The predicted octanol–water partition coefficient (Wildman–Crippen LogP) is 1.07. The largest absolute Gasteiger partial charge is 0.465 e. The Bertz CT molecular complexity index is 793. The summed E-state index contributed by atoms with van der Waals surface area (Å²) < 4.78 is 5.05. The van der Waals surface area contributed by atoms with Gasteiger partial charge in [-0.15, -0.1) is 11.3 Å². The molecule has 1 aliphatic carbocycles. The first-order valence-electron chi connectivity index (χ1n) is 7.11. The molecule has 120 valence electrons. The summed E-state index contributed by atoms with van der Waals surface area (Å²) in [6.07, 6.45) is 1.42. The number of aromatic amines is 1. The fourth-order valence-corrected chi connectivity index (χ4v) is 3.42. The van der Waals surface area contributed by atoms with Crippen molar-refractivity contribution in [3.8, 4) is 0 Å². The first-order chi connectivity index (χ1) is 11.1. The molecule has 8 nitrogen and oxygen atoms in total. The number of carbonyl (C=O) groups is 2. The minimum atomic E-state index is -0.471. The molecule has 3 rings (SSSR count). The highest BCUT2D eigenvalue weighted by Crippen LogP contribution is 2.38. The van der Waals surface area contributed by atoms with E-state index in [2.05, 4.69) is 20.5 Å². The number of amides is 1. The third-order valence-electron chi connectivity index (χ3n) is 3.42. The molecule has 2 heterocycles. The molecular formula is C14H14N4O4S. The number of thiazole rings is 1. The zero-order valence-electron chi connectivity index (χ0n) is 12.3. The van der Waals surface area contributed by atoms with E-state index >= 15 is 0 Å². The van der Waals surface area contributed by atoms with E-state index < -0.39 is 5.91 Å². The molecule has 0 radical (unpaired) electrons. The number of fused-ring (bicyclic) bond motifs is 1. The number of ether oxygens (including phenoxy) is 1. The van der Waals surface area contributed by atoms with Gasteiger partial charge in [0.05, 0.1) is 12.3 Å². The highest BCUT2D eigenvalue weighted by molar-refractivity contribution is 7.16. The van der Waals surface area contributed by atoms with E-state index in [1.165, 1.54) is 23.5 Å². The van der Waals surface area contributed by atoms with Crippen molar-refractivity contribution in [1.82, 2.24) is 15.2 Å². The summed E-state index contributed by atoms with van der Waals surface area (Å²) >= 11 is 1.34. The lowest BCUT2D eigenvalue weighted by Gasteiger charge is -2.07. The van der Waals surface area contributed by atoms with E-state index in [-0.39, 0.29) is 23.1 Å². The Kier molecular flexibility index (Phi) is 4.20. The molecule has 0 saturated carbocycles. The van der Waals surface area contributed by atoms with Crippen LogP contribution in [-0.2, 0) is 16.0 Å². The molecule has 0 aromatic carbocycles. The van der Waals surface area contributed by atoms with Gasteiger partial charge in [0, 0.05) is 10.9 Å². The van der Waals surface area contributed by atoms with Gasteiger partial charge in [-0.3, -0.25) is 19.7 Å². The van der Waals surface area contributed by atoms with Crippen LogP contribution in [0.15, 0.2) is 16.9 Å². The third kappa shape index (κ3) is 3.14. The van der Waals surface area contributed by atoms with Gasteiger partial charge in [-0.25, -0.2) is 10.1 Å². The molecule has 0 aliphatic heterocycles. The first kappa shape index (κ1) is 15.3. The summed E-state index contributed by atoms with van der Waals surface area (Å²) in [5, 5.41) is 8.89. The first-order valence-corrected chi connectivity index (χ1v) is 7.93. The van der Waals surface area contributed by atoms with Gasteiger partial charge in [0.25, 0.3) is 11.5 Å². The Balaban J connectivity index is 1.75. The maximum absolute atomic E-state index is 12.0. The minimum Gasteiger partial charge on any atom is -0.465 e. The average Bonchev–Trinajstić information content (AvgIpc) is 3.07. The van der Waals surface area contributed by atoms with E-state index in [1.807, 2.05) is 0 Å². The van der Waals surface area contributed by atoms with Gasteiger partial charge in [-0.1, -0.05) is 0 Å². The molecule has 9 heteroatoms. The van der Waals surface area contributed by atoms with Gasteiger partial charge in [-0.05, 0) is 25.8 Å². The molecule has 0 spiro atoms. The van der Waals surface area contributed by atoms with Crippen LogP contribution in [-0.4, -0.2) is 33.7 Å². The Hall–Kier alpha value is -2.55. The van der Waals surface area contributed by atoms with Crippen LogP contribution in [0.4, 0.5) is 5.13 Å². The number of nitrogens with one attached hydrogen (secondary N) is 2. The molecule has 0 fully saturated rings. The van der Waals surface area contributed by atoms with E-state index in [9.17, 15) is 14.4 Å². The fourth-order valence-electron chi connectivity index (χ4n) is 2.38. The van der Waals surface area contributed by atoms with Crippen molar-refractivity contribution < 1.29 is 14.3 Å². The van der Waals surface area contributed by atoms with E-state index in [0.717, 1.165) is 11.3 Å². The monoisotopic (exact) mass is 334 g/mol. The quantitative estimate of drug-likeness (QED) is 0.809. The molecule has 2 aromatic rings.